The fourth-order valence-corrected chi connectivity index (χ4v) is 3.20. The van der Waals surface area contributed by atoms with Gasteiger partial charge in [-0.25, -0.2) is 4.79 Å². The number of hydrogen-bond donors (Lipinski definition) is 3. The van der Waals surface area contributed by atoms with Crippen molar-refractivity contribution in [2.45, 2.75) is 12.6 Å². The first-order valence-corrected chi connectivity index (χ1v) is 11.6. The lowest BCUT2D eigenvalue weighted by Gasteiger charge is -2.16. The smallest absolute Gasteiger partial charge is 0.413 e. The molecule has 1 aromatic carbocycles. The SMILES string of the molecule is CNC(=O)c1cc(Oc2ccc(NC(=O)NC3=C(OCCN(C)C)C=CCC(C(F)(F)F)=C3)cc2)ccn1. The molecule has 0 aliphatic heterocycles. The molecule has 0 fully saturated rings. The Hall–Kier alpha value is -4.32. The molecular formula is C26H28F3N5O4. The number of halogens is 3. The minimum Gasteiger partial charge on any atom is -0.490 e. The summed E-state index contributed by atoms with van der Waals surface area (Å²) in [5.74, 6) is 0.581. The first kappa shape index (κ1) is 28.3. The molecule has 2 aromatic rings. The summed E-state index contributed by atoms with van der Waals surface area (Å²) < 4.78 is 51.6. The molecule has 1 aliphatic rings. The van der Waals surface area contributed by atoms with Crippen LogP contribution in [0.4, 0.5) is 23.7 Å². The van der Waals surface area contributed by atoms with E-state index in [1.54, 1.807) is 30.3 Å². The Morgan fingerprint density at radius 1 is 1.08 bits per heavy atom. The summed E-state index contributed by atoms with van der Waals surface area (Å²) in [7, 11) is 5.17. The number of nitrogens with one attached hydrogen (secondary N) is 3. The van der Waals surface area contributed by atoms with Gasteiger partial charge in [0.25, 0.3) is 5.91 Å². The number of allylic oxidation sites excluding steroid dienone is 4. The number of urea groups is 1. The number of rotatable bonds is 9. The lowest BCUT2D eigenvalue weighted by Crippen LogP contribution is -2.29. The van der Waals surface area contributed by atoms with E-state index in [-0.39, 0.29) is 36.1 Å². The van der Waals surface area contributed by atoms with Crippen LogP contribution in [0, 0.1) is 0 Å². The maximum atomic E-state index is 13.4. The van der Waals surface area contributed by atoms with E-state index < -0.39 is 17.8 Å². The van der Waals surface area contributed by atoms with Crippen molar-refractivity contribution < 1.29 is 32.2 Å². The zero-order valence-electron chi connectivity index (χ0n) is 21.1. The Balaban J connectivity index is 1.70. The Kier molecular flexibility index (Phi) is 9.49. The zero-order valence-corrected chi connectivity index (χ0v) is 21.1. The summed E-state index contributed by atoms with van der Waals surface area (Å²) in [5, 5.41) is 7.52. The number of nitrogens with zero attached hydrogens (tertiary/aromatic N) is 2. The van der Waals surface area contributed by atoms with Crippen LogP contribution in [0.3, 0.4) is 0 Å². The quantitative estimate of drug-likeness (QED) is 0.437. The van der Waals surface area contributed by atoms with Gasteiger partial charge in [-0.1, -0.05) is 6.08 Å². The summed E-state index contributed by atoms with van der Waals surface area (Å²) >= 11 is 0. The molecule has 0 radical (unpaired) electrons. The zero-order chi connectivity index (χ0) is 27.7. The van der Waals surface area contributed by atoms with Crippen LogP contribution >= 0.6 is 0 Å². The Morgan fingerprint density at radius 2 is 1.82 bits per heavy atom. The van der Waals surface area contributed by atoms with Gasteiger partial charge in [-0.2, -0.15) is 13.2 Å². The average molecular weight is 532 g/mol. The van der Waals surface area contributed by atoms with Crippen LogP contribution < -0.4 is 20.7 Å². The van der Waals surface area contributed by atoms with Gasteiger partial charge in [-0.15, -0.1) is 0 Å². The Bertz CT molecular complexity index is 1240. The molecule has 3 rings (SSSR count). The van der Waals surface area contributed by atoms with Crippen molar-refractivity contribution in [1.29, 1.82) is 0 Å². The highest BCUT2D eigenvalue weighted by Crippen LogP contribution is 2.31. The van der Waals surface area contributed by atoms with E-state index >= 15 is 0 Å². The highest BCUT2D eigenvalue weighted by Gasteiger charge is 2.34. The average Bonchev–Trinajstić information content (AvgIpc) is 3.07. The molecular weight excluding hydrogens is 503 g/mol. The predicted octanol–water partition coefficient (Wildman–Crippen LogP) is 4.59. The summed E-state index contributed by atoms with van der Waals surface area (Å²) in [6, 6.07) is 8.60. The number of carbonyl (C=O) groups is 2. The van der Waals surface area contributed by atoms with Crippen molar-refractivity contribution in [3.8, 4) is 11.5 Å². The molecule has 0 spiro atoms. The molecule has 3 amide bonds. The Labute approximate surface area is 218 Å². The fourth-order valence-electron chi connectivity index (χ4n) is 3.20. The standard InChI is InChI=1S/C26H28F3N5O4/c1-30-24(35)22-16-20(11-12-31-22)38-19-9-7-18(8-10-19)32-25(36)33-21-15-17(26(27,28)29)5-4-6-23(21)37-14-13-34(2)3/h4,6-12,15-16H,5,13-14H2,1-3H3,(H,30,35)(H2,32,33,36). The molecule has 0 bridgehead atoms. The minimum atomic E-state index is -4.56. The molecule has 1 aliphatic carbocycles. The number of alkyl halides is 3. The first-order valence-electron chi connectivity index (χ1n) is 11.6. The number of anilines is 1. The van der Waals surface area contributed by atoms with Gasteiger partial charge >= 0.3 is 12.2 Å². The number of carbonyl (C=O) groups excluding carboxylic acids is 2. The number of hydrogen-bond acceptors (Lipinski definition) is 6. The summed E-state index contributed by atoms with van der Waals surface area (Å²) in [6.07, 6.45) is 0.175. The van der Waals surface area contributed by atoms with Gasteiger partial charge in [0.15, 0.2) is 0 Å². The molecule has 0 atom stereocenters. The molecule has 0 saturated carbocycles. The van der Waals surface area contributed by atoms with E-state index in [0.29, 0.717) is 23.7 Å². The van der Waals surface area contributed by atoms with Gasteiger partial charge in [0, 0.05) is 37.1 Å². The van der Waals surface area contributed by atoms with Gasteiger partial charge in [-0.05, 0) is 63.0 Å². The first-order chi connectivity index (χ1) is 18.0. The molecule has 1 aromatic heterocycles. The number of benzene rings is 1. The van der Waals surface area contributed by atoms with Crippen LogP contribution in [0.15, 0.2) is 77.9 Å². The molecule has 0 unspecified atom stereocenters. The van der Waals surface area contributed by atoms with Gasteiger partial charge < -0.3 is 30.3 Å². The topological polar surface area (TPSA) is 105 Å². The normalized spacial score (nSPS) is 13.5. The highest BCUT2D eigenvalue weighted by molar-refractivity contribution is 5.92. The van der Waals surface area contributed by atoms with Crippen LogP contribution in [-0.4, -0.2) is 62.3 Å². The van der Waals surface area contributed by atoms with E-state index in [0.717, 1.165) is 6.08 Å². The van der Waals surface area contributed by atoms with Crippen LogP contribution in [0.2, 0.25) is 0 Å². The second kappa shape index (κ2) is 12.8. The second-order valence-electron chi connectivity index (χ2n) is 8.36. The minimum absolute atomic E-state index is 0.105. The van der Waals surface area contributed by atoms with Crippen LogP contribution in [0.5, 0.6) is 11.5 Å². The van der Waals surface area contributed by atoms with Crippen molar-refractivity contribution in [1.82, 2.24) is 20.5 Å². The maximum Gasteiger partial charge on any atom is 0.413 e. The van der Waals surface area contributed by atoms with E-state index in [2.05, 4.69) is 20.9 Å². The fraction of sp³-hybridized carbons (Fsp3) is 0.269. The second-order valence-corrected chi connectivity index (χ2v) is 8.36. The third-order valence-electron chi connectivity index (χ3n) is 5.14. The lowest BCUT2D eigenvalue weighted by atomic mass is 10.1. The number of aromatic nitrogens is 1. The summed E-state index contributed by atoms with van der Waals surface area (Å²) in [5.41, 5.74) is -0.356. The van der Waals surface area contributed by atoms with E-state index in [1.807, 2.05) is 19.0 Å². The molecule has 1 heterocycles. The van der Waals surface area contributed by atoms with Crippen molar-refractivity contribution in [2.24, 2.45) is 0 Å². The number of likely N-dealkylation sites (N-methyl/N-ethyl adjacent to an activating group) is 1. The van der Waals surface area contributed by atoms with Gasteiger partial charge in [0.1, 0.15) is 29.6 Å². The molecule has 9 nitrogen and oxygen atoms in total. The summed E-state index contributed by atoms with van der Waals surface area (Å²) in [4.78, 5) is 30.2. The molecule has 0 saturated heterocycles. The van der Waals surface area contributed by atoms with Crippen LogP contribution in [0.1, 0.15) is 16.9 Å². The molecule has 38 heavy (non-hydrogen) atoms. The third-order valence-corrected chi connectivity index (χ3v) is 5.14. The third kappa shape index (κ3) is 8.37. The predicted molar refractivity (Wildman–Crippen MR) is 136 cm³/mol. The van der Waals surface area contributed by atoms with Crippen LogP contribution in [0.25, 0.3) is 0 Å². The number of ether oxygens (including phenoxy) is 2. The van der Waals surface area contributed by atoms with Gasteiger partial charge in [-0.3, -0.25) is 9.78 Å². The van der Waals surface area contributed by atoms with Gasteiger partial charge in [0.05, 0.1) is 5.70 Å². The maximum absolute atomic E-state index is 13.4. The van der Waals surface area contributed by atoms with Crippen molar-refractivity contribution >= 4 is 17.6 Å². The number of amides is 3. The van der Waals surface area contributed by atoms with Crippen molar-refractivity contribution in [2.75, 3.05) is 39.6 Å². The molecule has 3 N–H and O–H groups in total. The lowest BCUT2D eigenvalue weighted by molar-refractivity contribution is -0.0929. The highest BCUT2D eigenvalue weighted by atomic mass is 19.4. The monoisotopic (exact) mass is 531 g/mol. The summed E-state index contributed by atoms with van der Waals surface area (Å²) in [6.45, 7) is 0.756. The Morgan fingerprint density at radius 3 is 2.47 bits per heavy atom. The molecule has 12 heteroatoms. The van der Waals surface area contributed by atoms with Crippen molar-refractivity contribution in [3.63, 3.8) is 0 Å². The number of pyridine rings is 1. The largest absolute Gasteiger partial charge is 0.490 e. The van der Waals surface area contributed by atoms with E-state index in [1.165, 1.54) is 31.5 Å². The van der Waals surface area contributed by atoms with Gasteiger partial charge in [0.2, 0.25) is 0 Å². The van der Waals surface area contributed by atoms with Crippen LogP contribution in [-0.2, 0) is 4.74 Å². The van der Waals surface area contributed by atoms with Crippen molar-refractivity contribution in [3.05, 3.63) is 83.5 Å². The van der Waals surface area contributed by atoms with E-state index in [4.69, 9.17) is 9.47 Å². The molecule has 202 valence electrons. The van der Waals surface area contributed by atoms with E-state index in [9.17, 15) is 22.8 Å².